The predicted octanol–water partition coefficient (Wildman–Crippen LogP) is 3.90. The molecule has 0 saturated carbocycles. The highest BCUT2D eigenvalue weighted by Gasteiger charge is 2.13. The third-order valence-corrected chi connectivity index (χ3v) is 4.55. The van der Waals surface area contributed by atoms with Gasteiger partial charge < -0.3 is 4.74 Å². The zero-order valence-corrected chi connectivity index (χ0v) is 14.4. The SMILES string of the molecule is COc1ccccc1-n1cnnc1SCC(=O)c1ccc(Cl)cc1. The number of hydrogen-bond acceptors (Lipinski definition) is 5. The number of rotatable bonds is 6. The number of thioether (sulfide) groups is 1. The molecule has 3 aromatic rings. The van der Waals surface area contributed by atoms with Gasteiger partial charge in [-0.3, -0.25) is 9.36 Å². The van der Waals surface area contributed by atoms with E-state index in [1.165, 1.54) is 11.8 Å². The number of Topliss-reactive ketones (excluding diaryl/α,β-unsaturated/α-hetero) is 1. The Hall–Kier alpha value is -2.31. The number of benzene rings is 2. The fourth-order valence-electron chi connectivity index (χ4n) is 2.17. The van der Waals surface area contributed by atoms with Gasteiger partial charge in [-0.1, -0.05) is 35.5 Å². The van der Waals surface area contributed by atoms with Crippen molar-refractivity contribution in [2.75, 3.05) is 12.9 Å². The van der Waals surface area contributed by atoms with Gasteiger partial charge in [-0.25, -0.2) is 0 Å². The average Bonchev–Trinajstić information content (AvgIpc) is 3.08. The molecule has 0 radical (unpaired) electrons. The van der Waals surface area contributed by atoms with Crippen molar-refractivity contribution in [3.05, 3.63) is 65.4 Å². The molecule has 0 fully saturated rings. The number of hydrogen-bond donors (Lipinski definition) is 0. The molecule has 3 rings (SSSR count). The van der Waals surface area contributed by atoms with Crippen LogP contribution in [-0.4, -0.2) is 33.4 Å². The first kappa shape index (κ1) is 16.5. The minimum Gasteiger partial charge on any atom is -0.495 e. The number of ether oxygens (including phenoxy) is 1. The molecule has 0 bridgehead atoms. The van der Waals surface area contributed by atoms with Crippen molar-refractivity contribution >= 4 is 29.1 Å². The summed E-state index contributed by atoms with van der Waals surface area (Å²) in [5, 5.41) is 9.27. The van der Waals surface area contributed by atoms with Gasteiger partial charge in [-0.2, -0.15) is 0 Å². The molecule has 0 unspecified atom stereocenters. The molecule has 1 aromatic heterocycles. The van der Waals surface area contributed by atoms with E-state index < -0.39 is 0 Å². The van der Waals surface area contributed by atoms with Crippen LogP contribution in [0.2, 0.25) is 5.02 Å². The average molecular weight is 360 g/mol. The normalized spacial score (nSPS) is 10.6. The Kier molecular flexibility index (Phi) is 5.17. The molecule has 0 aliphatic rings. The third-order valence-electron chi connectivity index (χ3n) is 3.36. The van der Waals surface area contributed by atoms with E-state index in [4.69, 9.17) is 16.3 Å². The predicted molar refractivity (Wildman–Crippen MR) is 94.4 cm³/mol. The van der Waals surface area contributed by atoms with Crippen molar-refractivity contribution < 1.29 is 9.53 Å². The van der Waals surface area contributed by atoms with E-state index in [2.05, 4.69) is 10.2 Å². The fraction of sp³-hybridized carbons (Fsp3) is 0.118. The quantitative estimate of drug-likeness (QED) is 0.493. The summed E-state index contributed by atoms with van der Waals surface area (Å²) in [6.45, 7) is 0. The first-order valence-electron chi connectivity index (χ1n) is 7.14. The monoisotopic (exact) mass is 359 g/mol. The standard InChI is InChI=1S/C17H14ClN3O2S/c1-23-16-5-3-2-4-14(16)21-11-19-20-17(21)24-10-15(22)12-6-8-13(18)9-7-12/h2-9,11H,10H2,1H3. The molecule has 0 saturated heterocycles. The van der Waals surface area contributed by atoms with E-state index in [-0.39, 0.29) is 11.5 Å². The molecule has 0 atom stereocenters. The summed E-state index contributed by atoms with van der Waals surface area (Å²) in [6.07, 6.45) is 1.60. The second-order valence-electron chi connectivity index (χ2n) is 4.87. The van der Waals surface area contributed by atoms with Crippen molar-refractivity contribution in [1.29, 1.82) is 0 Å². The van der Waals surface area contributed by atoms with Crippen molar-refractivity contribution in [3.8, 4) is 11.4 Å². The van der Waals surface area contributed by atoms with Gasteiger partial charge in [0.05, 0.1) is 18.6 Å². The lowest BCUT2D eigenvalue weighted by Gasteiger charge is -2.10. The minimum absolute atomic E-state index is 0.00578. The van der Waals surface area contributed by atoms with Crippen LogP contribution in [0.4, 0.5) is 0 Å². The lowest BCUT2D eigenvalue weighted by Crippen LogP contribution is -2.04. The van der Waals surface area contributed by atoms with E-state index in [0.29, 0.717) is 21.5 Å². The van der Waals surface area contributed by atoms with E-state index in [0.717, 1.165) is 5.69 Å². The second-order valence-corrected chi connectivity index (χ2v) is 6.25. The molecule has 0 aliphatic carbocycles. The fourth-order valence-corrected chi connectivity index (χ4v) is 3.11. The summed E-state index contributed by atoms with van der Waals surface area (Å²) in [7, 11) is 1.61. The van der Waals surface area contributed by atoms with Gasteiger partial charge >= 0.3 is 0 Å². The van der Waals surface area contributed by atoms with E-state index in [1.54, 1.807) is 42.3 Å². The second kappa shape index (κ2) is 7.51. The molecule has 1 heterocycles. The number of aromatic nitrogens is 3. The minimum atomic E-state index is 0.00578. The number of ketones is 1. The van der Waals surface area contributed by atoms with Crippen LogP contribution in [0.5, 0.6) is 5.75 Å². The maximum Gasteiger partial charge on any atom is 0.196 e. The van der Waals surface area contributed by atoms with Crippen molar-refractivity contribution in [2.24, 2.45) is 0 Å². The molecule has 0 N–H and O–H groups in total. The topological polar surface area (TPSA) is 57.0 Å². The lowest BCUT2D eigenvalue weighted by atomic mass is 10.1. The Morgan fingerprint density at radius 1 is 1.21 bits per heavy atom. The number of methoxy groups -OCH3 is 1. The number of nitrogens with zero attached hydrogens (tertiary/aromatic N) is 3. The molecule has 122 valence electrons. The summed E-state index contributed by atoms with van der Waals surface area (Å²) in [5.74, 6) is 0.976. The van der Waals surface area contributed by atoms with Gasteiger partial charge in [-0.05, 0) is 36.4 Å². The van der Waals surface area contributed by atoms with Crippen molar-refractivity contribution in [2.45, 2.75) is 5.16 Å². The van der Waals surface area contributed by atoms with Gasteiger partial charge in [0.25, 0.3) is 0 Å². The van der Waals surface area contributed by atoms with Gasteiger partial charge in [0.1, 0.15) is 12.1 Å². The van der Waals surface area contributed by atoms with Gasteiger partial charge in [-0.15, -0.1) is 10.2 Å². The molecule has 2 aromatic carbocycles. The molecule has 0 aliphatic heterocycles. The molecule has 5 nitrogen and oxygen atoms in total. The van der Waals surface area contributed by atoms with Crippen LogP contribution in [-0.2, 0) is 0 Å². The van der Waals surface area contributed by atoms with Crippen LogP contribution in [0.3, 0.4) is 0 Å². The van der Waals surface area contributed by atoms with Crippen LogP contribution in [0.1, 0.15) is 10.4 Å². The maximum atomic E-state index is 12.3. The summed E-state index contributed by atoms with van der Waals surface area (Å²) in [5.41, 5.74) is 1.45. The highest BCUT2D eigenvalue weighted by Crippen LogP contribution is 2.27. The summed E-state index contributed by atoms with van der Waals surface area (Å²) < 4.78 is 7.17. The summed E-state index contributed by atoms with van der Waals surface area (Å²) in [4.78, 5) is 12.3. The largest absolute Gasteiger partial charge is 0.495 e. The van der Waals surface area contributed by atoms with Crippen molar-refractivity contribution in [1.82, 2.24) is 14.8 Å². The smallest absolute Gasteiger partial charge is 0.196 e. The van der Waals surface area contributed by atoms with Crippen LogP contribution >= 0.6 is 23.4 Å². The molecular weight excluding hydrogens is 346 g/mol. The number of carbonyl (C=O) groups is 1. The van der Waals surface area contributed by atoms with E-state index >= 15 is 0 Å². The first-order chi connectivity index (χ1) is 11.7. The van der Waals surface area contributed by atoms with E-state index in [1.807, 2.05) is 24.3 Å². The summed E-state index contributed by atoms with van der Waals surface area (Å²) in [6, 6.07) is 14.4. The lowest BCUT2D eigenvalue weighted by molar-refractivity contribution is 0.102. The maximum absolute atomic E-state index is 12.3. The highest BCUT2D eigenvalue weighted by atomic mass is 35.5. The first-order valence-corrected chi connectivity index (χ1v) is 8.50. The van der Waals surface area contributed by atoms with Crippen LogP contribution in [0.25, 0.3) is 5.69 Å². The van der Waals surface area contributed by atoms with Crippen molar-refractivity contribution in [3.63, 3.8) is 0 Å². The Labute approximate surface area is 148 Å². The Bertz CT molecular complexity index is 849. The van der Waals surface area contributed by atoms with Gasteiger partial charge in [0.15, 0.2) is 10.9 Å². The zero-order valence-electron chi connectivity index (χ0n) is 12.8. The molecule has 0 spiro atoms. The number of carbonyl (C=O) groups excluding carboxylic acids is 1. The molecule has 7 heteroatoms. The molecule has 24 heavy (non-hydrogen) atoms. The Balaban J connectivity index is 1.76. The van der Waals surface area contributed by atoms with Gasteiger partial charge in [0, 0.05) is 10.6 Å². The number of halogens is 1. The molecular formula is C17H14ClN3O2S. The Morgan fingerprint density at radius 2 is 1.96 bits per heavy atom. The summed E-state index contributed by atoms with van der Waals surface area (Å²) >= 11 is 7.17. The zero-order chi connectivity index (χ0) is 16.9. The molecule has 0 amide bonds. The Morgan fingerprint density at radius 3 is 2.71 bits per heavy atom. The van der Waals surface area contributed by atoms with Crippen LogP contribution < -0.4 is 4.74 Å². The van der Waals surface area contributed by atoms with E-state index in [9.17, 15) is 4.79 Å². The van der Waals surface area contributed by atoms with Crippen LogP contribution in [0.15, 0.2) is 60.0 Å². The van der Waals surface area contributed by atoms with Crippen LogP contribution in [0, 0.1) is 0 Å². The number of para-hydroxylation sites is 2. The van der Waals surface area contributed by atoms with Gasteiger partial charge in [0.2, 0.25) is 0 Å². The third kappa shape index (κ3) is 3.60. The highest BCUT2D eigenvalue weighted by molar-refractivity contribution is 7.99.